The number of halogens is 1. The maximum atomic E-state index is 13.7. The third-order valence-corrected chi connectivity index (χ3v) is 3.17. The molecule has 2 rings (SSSR count). The Morgan fingerprint density at radius 2 is 2.35 bits per heavy atom. The van der Waals surface area contributed by atoms with Gasteiger partial charge in [0.1, 0.15) is 5.82 Å². The first-order valence-electron chi connectivity index (χ1n) is 5.81. The number of benzene rings is 1. The molecule has 0 unspecified atom stereocenters. The summed E-state index contributed by atoms with van der Waals surface area (Å²) >= 11 is 0. The smallest absolute Gasteiger partial charge is 0.340 e. The average Bonchev–Trinajstić information content (AvgIpc) is 2.39. The normalized spacial score (nSPS) is 20.0. The quantitative estimate of drug-likeness (QED) is 0.800. The second kappa shape index (κ2) is 5.27. The largest absolute Gasteiger partial charge is 0.465 e. The summed E-state index contributed by atoms with van der Waals surface area (Å²) in [5, 5.41) is 3.29. The molecule has 4 heteroatoms. The summed E-state index contributed by atoms with van der Waals surface area (Å²) in [6, 6.07) is 4.77. The van der Waals surface area contributed by atoms with Gasteiger partial charge in [-0.15, -0.1) is 0 Å². The van der Waals surface area contributed by atoms with Crippen molar-refractivity contribution in [2.24, 2.45) is 0 Å². The second-order valence-corrected chi connectivity index (χ2v) is 4.27. The van der Waals surface area contributed by atoms with Gasteiger partial charge in [-0.2, -0.15) is 0 Å². The molecule has 1 N–H and O–H groups in total. The highest BCUT2D eigenvalue weighted by atomic mass is 19.1. The molecule has 0 bridgehead atoms. The van der Waals surface area contributed by atoms with Gasteiger partial charge in [0.2, 0.25) is 0 Å². The molecule has 0 radical (unpaired) electrons. The molecular weight excluding hydrogens is 221 g/mol. The van der Waals surface area contributed by atoms with Crippen molar-refractivity contribution in [3.8, 4) is 0 Å². The molecule has 3 nitrogen and oxygen atoms in total. The average molecular weight is 237 g/mol. The van der Waals surface area contributed by atoms with Gasteiger partial charge >= 0.3 is 5.97 Å². The van der Waals surface area contributed by atoms with Gasteiger partial charge in [-0.25, -0.2) is 9.18 Å². The van der Waals surface area contributed by atoms with Gasteiger partial charge in [0.25, 0.3) is 0 Å². The first kappa shape index (κ1) is 12.0. The SMILES string of the molecule is COC(=O)c1ccc([C@H]2CCCNC2)cc1F. The number of ether oxygens (including phenoxy) is 1. The minimum Gasteiger partial charge on any atom is -0.465 e. The summed E-state index contributed by atoms with van der Waals surface area (Å²) in [4.78, 5) is 11.2. The standard InChI is InChI=1S/C13H16FNO2/c1-17-13(16)11-5-4-9(7-12(11)14)10-3-2-6-15-8-10/h4-5,7,10,15H,2-3,6,8H2,1H3/t10-/m0/s1. The lowest BCUT2D eigenvalue weighted by Gasteiger charge is -2.23. The fourth-order valence-electron chi connectivity index (χ4n) is 2.20. The molecule has 1 fully saturated rings. The number of hydrogen-bond acceptors (Lipinski definition) is 3. The third-order valence-electron chi connectivity index (χ3n) is 3.17. The Morgan fingerprint density at radius 1 is 1.53 bits per heavy atom. The van der Waals surface area contributed by atoms with Crippen molar-refractivity contribution in [2.75, 3.05) is 20.2 Å². The number of carbonyl (C=O) groups excluding carboxylic acids is 1. The molecule has 1 aliphatic heterocycles. The van der Waals surface area contributed by atoms with Crippen molar-refractivity contribution in [1.82, 2.24) is 5.32 Å². The molecule has 0 spiro atoms. The number of esters is 1. The van der Waals surface area contributed by atoms with E-state index < -0.39 is 11.8 Å². The van der Waals surface area contributed by atoms with Crippen molar-refractivity contribution < 1.29 is 13.9 Å². The minimum atomic E-state index is -0.629. The van der Waals surface area contributed by atoms with E-state index in [1.165, 1.54) is 19.2 Å². The van der Waals surface area contributed by atoms with Gasteiger partial charge in [-0.3, -0.25) is 0 Å². The number of methoxy groups -OCH3 is 1. The van der Waals surface area contributed by atoms with Gasteiger partial charge in [0.05, 0.1) is 12.7 Å². The Balaban J connectivity index is 2.20. The van der Waals surface area contributed by atoms with Gasteiger partial charge in [-0.1, -0.05) is 6.07 Å². The molecule has 1 saturated heterocycles. The van der Waals surface area contributed by atoms with Gasteiger partial charge in [-0.05, 0) is 43.0 Å². The molecule has 1 aromatic carbocycles. The Labute approximate surface area is 100.0 Å². The van der Waals surface area contributed by atoms with E-state index in [0.717, 1.165) is 31.5 Å². The fraction of sp³-hybridized carbons (Fsp3) is 0.462. The zero-order valence-corrected chi connectivity index (χ0v) is 9.83. The van der Waals surface area contributed by atoms with E-state index in [1.54, 1.807) is 0 Å². The fourth-order valence-corrected chi connectivity index (χ4v) is 2.20. The molecule has 0 amide bonds. The van der Waals surface area contributed by atoms with Crippen LogP contribution in [-0.4, -0.2) is 26.2 Å². The number of carbonyl (C=O) groups is 1. The van der Waals surface area contributed by atoms with Crippen LogP contribution >= 0.6 is 0 Å². The van der Waals surface area contributed by atoms with E-state index in [9.17, 15) is 9.18 Å². The highest BCUT2D eigenvalue weighted by Gasteiger charge is 2.18. The number of piperidine rings is 1. The molecule has 17 heavy (non-hydrogen) atoms. The Kier molecular flexibility index (Phi) is 3.74. The Hall–Kier alpha value is -1.42. The molecule has 0 aromatic heterocycles. The van der Waals surface area contributed by atoms with E-state index in [-0.39, 0.29) is 5.56 Å². The van der Waals surface area contributed by atoms with E-state index in [0.29, 0.717) is 5.92 Å². The van der Waals surface area contributed by atoms with Gasteiger partial charge in [0, 0.05) is 6.54 Å². The van der Waals surface area contributed by atoms with Crippen molar-refractivity contribution in [1.29, 1.82) is 0 Å². The van der Waals surface area contributed by atoms with Gasteiger partial charge < -0.3 is 10.1 Å². The zero-order chi connectivity index (χ0) is 12.3. The predicted molar refractivity (Wildman–Crippen MR) is 62.6 cm³/mol. The summed E-state index contributed by atoms with van der Waals surface area (Å²) < 4.78 is 18.2. The van der Waals surface area contributed by atoms with Crippen LogP contribution in [0.3, 0.4) is 0 Å². The summed E-state index contributed by atoms with van der Waals surface area (Å²) in [6.07, 6.45) is 2.16. The zero-order valence-electron chi connectivity index (χ0n) is 9.83. The highest BCUT2D eigenvalue weighted by Crippen LogP contribution is 2.24. The van der Waals surface area contributed by atoms with E-state index in [1.807, 2.05) is 6.07 Å². The summed E-state index contributed by atoms with van der Waals surface area (Å²) in [6.45, 7) is 1.90. The van der Waals surface area contributed by atoms with Crippen LogP contribution in [0, 0.1) is 5.82 Å². The maximum absolute atomic E-state index is 13.7. The molecule has 1 aromatic rings. The number of hydrogen-bond donors (Lipinski definition) is 1. The van der Waals surface area contributed by atoms with E-state index >= 15 is 0 Å². The lowest BCUT2D eigenvalue weighted by atomic mass is 9.91. The topological polar surface area (TPSA) is 38.3 Å². The highest BCUT2D eigenvalue weighted by molar-refractivity contribution is 5.89. The van der Waals surface area contributed by atoms with Crippen LogP contribution in [0.25, 0.3) is 0 Å². The third kappa shape index (κ3) is 2.64. The molecule has 92 valence electrons. The minimum absolute atomic E-state index is 0.0000172. The van der Waals surface area contributed by atoms with Crippen molar-refractivity contribution in [3.05, 3.63) is 35.1 Å². The molecule has 1 atom stereocenters. The lowest BCUT2D eigenvalue weighted by molar-refractivity contribution is 0.0595. The first-order chi connectivity index (χ1) is 8.22. The molecule has 0 saturated carbocycles. The molecular formula is C13H16FNO2. The van der Waals surface area contributed by atoms with Crippen LogP contribution in [0.2, 0.25) is 0 Å². The monoisotopic (exact) mass is 237 g/mol. The van der Waals surface area contributed by atoms with E-state index in [2.05, 4.69) is 10.1 Å². The molecule has 0 aliphatic carbocycles. The van der Waals surface area contributed by atoms with Crippen LogP contribution in [0.4, 0.5) is 4.39 Å². The van der Waals surface area contributed by atoms with Crippen LogP contribution in [0.5, 0.6) is 0 Å². The number of nitrogens with one attached hydrogen (secondary N) is 1. The summed E-state index contributed by atoms with van der Waals surface area (Å²) in [5.74, 6) is -0.791. The van der Waals surface area contributed by atoms with Crippen LogP contribution < -0.4 is 5.32 Å². The van der Waals surface area contributed by atoms with Crippen molar-refractivity contribution in [2.45, 2.75) is 18.8 Å². The maximum Gasteiger partial charge on any atom is 0.340 e. The van der Waals surface area contributed by atoms with Crippen LogP contribution in [0.15, 0.2) is 18.2 Å². The molecule has 1 heterocycles. The van der Waals surface area contributed by atoms with Crippen LogP contribution in [-0.2, 0) is 4.74 Å². The first-order valence-corrected chi connectivity index (χ1v) is 5.81. The van der Waals surface area contributed by atoms with Gasteiger partial charge in [0.15, 0.2) is 0 Å². The molecule has 1 aliphatic rings. The Bertz CT molecular complexity index is 414. The lowest BCUT2D eigenvalue weighted by Crippen LogP contribution is -2.28. The second-order valence-electron chi connectivity index (χ2n) is 4.27. The number of rotatable bonds is 2. The summed E-state index contributed by atoms with van der Waals surface area (Å²) in [5.41, 5.74) is 0.947. The predicted octanol–water partition coefficient (Wildman–Crippen LogP) is 2.08. The van der Waals surface area contributed by atoms with E-state index in [4.69, 9.17) is 0 Å². The van der Waals surface area contributed by atoms with Crippen LogP contribution in [0.1, 0.15) is 34.7 Å². The Morgan fingerprint density at radius 3 is 2.94 bits per heavy atom. The van der Waals surface area contributed by atoms with Crippen molar-refractivity contribution >= 4 is 5.97 Å². The van der Waals surface area contributed by atoms with Crippen molar-refractivity contribution in [3.63, 3.8) is 0 Å². The summed E-state index contributed by atoms with van der Waals surface area (Å²) in [7, 11) is 1.25.